The SMILES string of the molecule is Cc1ccc(NC(=O)c2c(NC(=O)c3ccc(C)cc3)sc3c2CCCCC3)cc1. The third-order valence-electron chi connectivity index (χ3n) is 5.50. The van der Waals surface area contributed by atoms with Crippen LogP contribution in [0.1, 0.15) is 61.5 Å². The summed E-state index contributed by atoms with van der Waals surface area (Å²) >= 11 is 1.55. The number of benzene rings is 2. The van der Waals surface area contributed by atoms with Gasteiger partial charge in [-0.15, -0.1) is 11.3 Å². The summed E-state index contributed by atoms with van der Waals surface area (Å²) in [7, 11) is 0. The first-order valence-corrected chi connectivity index (χ1v) is 11.2. The van der Waals surface area contributed by atoms with Crippen LogP contribution in [0.3, 0.4) is 0 Å². The quantitative estimate of drug-likeness (QED) is 0.500. The van der Waals surface area contributed by atoms with Gasteiger partial charge in [0.2, 0.25) is 0 Å². The molecule has 0 bridgehead atoms. The zero-order valence-corrected chi connectivity index (χ0v) is 18.2. The van der Waals surface area contributed by atoms with E-state index in [4.69, 9.17) is 0 Å². The predicted octanol–water partition coefficient (Wildman–Crippen LogP) is 6.14. The molecule has 30 heavy (non-hydrogen) atoms. The van der Waals surface area contributed by atoms with Gasteiger partial charge in [-0.05, 0) is 69.4 Å². The number of hydrogen-bond acceptors (Lipinski definition) is 3. The molecule has 0 aliphatic heterocycles. The fraction of sp³-hybridized carbons (Fsp3) is 0.280. The first kappa shape index (κ1) is 20.4. The van der Waals surface area contributed by atoms with E-state index in [1.165, 1.54) is 11.3 Å². The Morgan fingerprint density at radius 1 is 0.767 bits per heavy atom. The molecule has 3 aromatic rings. The van der Waals surface area contributed by atoms with Gasteiger partial charge in [0, 0.05) is 16.1 Å². The van der Waals surface area contributed by atoms with E-state index in [-0.39, 0.29) is 11.8 Å². The highest BCUT2D eigenvalue weighted by molar-refractivity contribution is 7.17. The smallest absolute Gasteiger partial charge is 0.258 e. The van der Waals surface area contributed by atoms with Gasteiger partial charge in [-0.2, -0.15) is 0 Å². The van der Waals surface area contributed by atoms with Gasteiger partial charge in [0.1, 0.15) is 5.00 Å². The van der Waals surface area contributed by atoms with Gasteiger partial charge >= 0.3 is 0 Å². The number of anilines is 2. The van der Waals surface area contributed by atoms with E-state index in [1.807, 2.05) is 62.4 Å². The molecule has 1 aliphatic carbocycles. The highest BCUT2D eigenvalue weighted by Gasteiger charge is 2.26. The van der Waals surface area contributed by atoms with E-state index in [1.54, 1.807) is 11.3 Å². The van der Waals surface area contributed by atoms with Crippen LogP contribution in [0.2, 0.25) is 0 Å². The standard InChI is InChI=1S/C25H26N2O2S/c1-16-8-12-18(13-9-16)23(28)27-25-22(20-6-4-3-5-7-21(20)30-25)24(29)26-19-14-10-17(2)11-15-19/h8-15H,3-7H2,1-2H3,(H,26,29)(H,27,28). The van der Waals surface area contributed by atoms with E-state index in [9.17, 15) is 9.59 Å². The highest BCUT2D eigenvalue weighted by atomic mass is 32.1. The number of amides is 2. The Hall–Kier alpha value is -2.92. The van der Waals surface area contributed by atoms with Gasteiger partial charge in [0.25, 0.3) is 11.8 Å². The maximum Gasteiger partial charge on any atom is 0.258 e. The minimum atomic E-state index is -0.184. The first-order valence-electron chi connectivity index (χ1n) is 10.4. The Balaban J connectivity index is 1.65. The lowest BCUT2D eigenvalue weighted by Crippen LogP contribution is -2.18. The molecule has 0 saturated carbocycles. The summed E-state index contributed by atoms with van der Waals surface area (Å²) in [5, 5.41) is 6.69. The van der Waals surface area contributed by atoms with Crippen molar-refractivity contribution in [2.75, 3.05) is 10.6 Å². The Kier molecular flexibility index (Phi) is 6.00. The molecule has 0 radical (unpaired) electrons. The summed E-state index contributed by atoms with van der Waals surface area (Å²) in [4.78, 5) is 27.3. The van der Waals surface area contributed by atoms with E-state index < -0.39 is 0 Å². The first-order chi connectivity index (χ1) is 14.5. The second-order valence-electron chi connectivity index (χ2n) is 7.91. The van der Waals surface area contributed by atoms with Crippen LogP contribution in [0, 0.1) is 13.8 Å². The number of aryl methyl sites for hydroxylation is 3. The van der Waals surface area contributed by atoms with Crippen LogP contribution in [0.25, 0.3) is 0 Å². The van der Waals surface area contributed by atoms with Gasteiger partial charge in [-0.1, -0.05) is 41.8 Å². The molecule has 0 atom stereocenters. The molecule has 0 saturated heterocycles. The van der Waals surface area contributed by atoms with E-state index >= 15 is 0 Å². The summed E-state index contributed by atoms with van der Waals surface area (Å²) in [6, 6.07) is 15.2. The average molecular weight is 419 g/mol. The Bertz CT molecular complexity index is 1070. The van der Waals surface area contributed by atoms with Gasteiger partial charge in [0.05, 0.1) is 5.56 Å². The maximum atomic E-state index is 13.3. The highest BCUT2D eigenvalue weighted by Crippen LogP contribution is 2.38. The minimum absolute atomic E-state index is 0.155. The molecule has 1 heterocycles. The summed E-state index contributed by atoms with van der Waals surface area (Å²) in [6.07, 6.45) is 5.21. The summed E-state index contributed by atoms with van der Waals surface area (Å²) < 4.78 is 0. The van der Waals surface area contributed by atoms with Crippen molar-refractivity contribution in [2.45, 2.75) is 46.0 Å². The summed E-state index contributed by atoms with van der Waals surface area (Å²) in [6.45, 7) is 4.01. The topological polar surface area (TPSA) is 58.2 Å². The minimum Gasteiger partial charge on any atom is -0.322 e. The fourth-order valence-electron chi connectivity index (χ4n) is 3.78. The molecule has 0 spiro atoms. The van der Waals surface area contributed by atoms with Crippen molar-refractivity contribution in [3.63, 3.8) is 0 Å². The lowest BCUT2D eigenvalue weighted by Gasteiger charge is -2.10. The Morgan fingerprint density at radius 2 is 1.40 bits per heavy atom. The second kappa shape index (κ2) is 8.84. The van der Waals surface area contributed by atoms with E-state index in [0.717, 1.165) is 48.1 Å². The van der Waals surface area contributed by atoms with Gasteiger partial charge < -0.3 is 10.6 Å². The van der Waals surface area contributed by atoms with Crippen molar-refractivity contribution in [3.8, 4) is 0 Å². The number of carbonyl (C=O) groups excluding carboxylic acids is 2. The lowest BCUT2D eigenvalue weighted by molar-refractivity contribution is 0.102. The third-order valence-corrected chi connectivity index (χ3v) is 6.71. The molecule has 4 nitrogen and oxygen atoms in total. The Morgan fingerprint density at radius 3 is 2.10 bits per heavy atom. The van der Waals surface area contributed by atoms with Gasteiger partial charge in [-0.25, -0.2) is 0 Å². The number of rotatable bonds is 4. The number of thiophene rings is 1. The van der Waals surface area contributed by atoms with Crippen LogP contribution in [-0.2, 0) is 12.8 Å². The molecule has 2 aromatic carbocycles. The van der Waals surface area contributed by atoms with Crippen LogP contribution in [-0.4, -0.2) is 11.8 Å². The molecule has 0 unspecified atom stereocenters. The van der Waals surface area contributed by atoms with Crippen molar-refractivity contribution in [1.82, 2.24) is 0 Å². The molecular formula is C25H26N2O2S. The van der Waals surface area contributed by atoms with Crippen molar-refractivity contribution < 1.29 is 9.59 Å². The van der Waals surface area contributed by atoms with Crippen LogP contribution in [0.5, 0.6) is 0 Å². The third kappa shape index (κ3) is 4.46. The lowest BCUT2D eigenvalue weighted by atomic mass is 10.0. The molecule has 4 rings (SSSR count). The number of carbonyl (C=O) groups is 2. The summed E-state index contributed by atoms with van der Waals surface area (Å²) in [5.74, 6) is -0.340. The molecule has 154 valence electrons. The van der Waals surface area contributed by atoms with Crippen LogP contribution < -0.4 is 10.6 Å². The van der Waals surface area contributed by atoms with Gasteiger partial charge in [0.15, 0.2) is 0 Å². The molecule has 2 N–H and O–H groups in total. The van der Waals surface area contributed by atoms with Crippen LogP contribution >= 0.6 is 11.3 Å². The average Bonchev–Trinajstić information content (AvgIpc) is 2.90. The van der Waals surface area contributed by atoms with Crippen molar-refractivity contribution >= 4 is 33.8 Å². The monoisotopic (exact) mass is 418 g/mol. The Labute approximate surface area is 181 Å². The second-order valence-corrected chi connectivity index (χ2v) is 9.01. The largest absolute Gasteiger partial charge is 0.322 e. The molecule has 1 aliphatic rings. The normalized spacial score (nSPS) is 13.3. The number of nitrogens with one attached hydrogen (secondary N) is 2. The molecule has 0 fully saturated rings. The molecule has 5 heteroatoms. The van der Waals surface area contributed by atoms with E-state index in [2.05, 4.69) is 10.6 Å². The molecule has 2 amide bonds. The van der Waals surface area contributed by atoms with Crippen molar-refractivity contribution in [1.29, 1.82) is 0 Å². The zero-order valence-electron chi connectivity index (χ0n) is 17.4. The van der Waals surface area contributed by atoms with Crippen molar-refractivity contribution in [2.24, 2.45) is 0 Å². The summed E-state index contributed by atoms with van der Waals surface area (Å²) in [5.41, 5.74) is 5.32. The fourth-order valence-corrected chi connectivity index (χ4v) is 5.06. The number of fused-ring (bicyclic) bond motifs is 1. The molecular weight excluding hydrogens is 392 g/mol. The maximum absolute atomic E-state index is 13.3. The zero-order chi connectivity index (χ0) is 21.1. The predicted molar refractivity (Wildman–Crippen MR) is 124 cm³/mol. The van der Waals surface area contributed by atoms with Crippen LogP contribution in [0.4, 0.5) is 10.7 Å². The van der Waals surface area contributed by atoms with Crippen LogP contribution in [0.15, 0.2) is 48.5 Å². The van der Waals surface area contributed by atoms with Crippen molar-refractivity contribution in [3.05, 3.63) is 81.2 Å². The number of hydrogen-bond donors (Lipinski definition) is 2. The van der Waals surface area contributed by atoms with E-state index in [0.29, 0.717) is 16.1 Å². The van der Waals surface area contributed by atoms with Gasteiger partial charge in [-0.3, -0.25) is 9.59 Å². The molecule has 1 aromatic heterocycles.